The number of amides is 1. The third-order valence-electron chi connectivity index (χ3n) is 4.07. The molecule has 2 aromatic carbocycles. The number of carbonyl (C=O) groups is 2. The zero-order chi connectivity index (χ0) is 19.4. The van der Waals surface area contributed by atoms with Gasteiger partial charge in [-0.25, -0.2) is 4.39 Å². The molecule has 6 heteroatoms. The van der Waals surface area contributed by atoms with Crippen molar-refractivity contribution in [2.45, 2.75) is 6.92 Å². The van der Waals surface area contributed by atoms with Crippen LogP contribution >= 0.6 is 0 Å². The first-order valence-electron chi connectivity index (χ1n) is 8.20. The fraction of sp³-hybridized carbons (Fsp3) is 0.0952. The Balaban J connectivity index is 1.92. The first-order valence-corrected chi connectivity index (χ1v) is 8.20. The minimum absolute atomic E-state index is 0.278. The number of benzene rings is 2. The van der Waals surface area contributed by atoms with E-state index in [1.807, 2.05) is 0 Å². The third-order valence-corrected chi connectivity index (χ3v) is 4.07. The predicted octanol–water partition coefficient (Wildman–Crippen LogP) is 4.02. The molecule has 1 aromatic heterocycles. The number of carbonyl (C=O) groups excluding carboxylic acids is 2. The van der Waals surface area contributed by atoms with Crippen LogP contribution in [0.2, 0.25) is 0 Å². The topological polar surface area (TPSA) is 68.3 Å². The van der Waals surface area contributed by atoms with Crippen LogP contribution < -0.4 is 10.1 Å². The molecular formula is C21H17FN2O3. The molecule has 136 valence electrons. The third kappa shape index (κ3) is 4.00. The zero-order valence-corrected chi connectivity index (χ0v) is 14.8. The molecular weight excluding hydrogens is 347 g/mol. The Bertz CT molecular complexity index is 1000. The van der Waals surface area contributed by atoms with Crippen molar-refractivity contribution in [3.63, 3.8) is 0 Å². The maximum atomic E-state index is 13.5. The van der Waals surface area contributed by atoms with Crippen LogP contribution in [-0.4, -0.2) is 23.8 Å². The number of halogens is 1. The van der Waals surface area contributed by atoms with Crippen molar-refractivity contribution < 1.29 is 18.7 Å². The number of ketones is 1. The fourth-order valence-electron chi connectivity index (χ4n) is 2.60. The van der Waals surface area contributed by atoms with E-state index in [0.717, 1.165) is 0 Å². The molecule has 0 radical (unpaired) electrons. The van der Waals surface area contributed by atoms with E-state index in [9.17, 15) is 14.0 Å². The van der Waals surface area contributed by atoms with E-state index in [1.54, 1.807) is 37.3 Å². The summed E-state index contributed by atoms with van der Waals surface area (Å²) in [6, 6.07) is 12.1. The molecule has 0 unspecified atom stereocenters. The van der Waals surface area contributed by atoms with E-state index >= 15 is 0 Å². The Morgan fingerprint density at radius 2 is 1.63 bits per heavy atom. The summed E-state index contributed by atoms with van der Waals surface area (Å²) in [4.78, 5) is 29.0. The second-order valence-electron chi connectivity index (χ2n) is 5.90. The van der Waals surface area contributed by atoms with E-state index < -0.39 is 0 Å². The monoisotopic (exact) mass is 364 g/mol. The highest BCUT2D eigenvalue weighted by atomic mass is 19.1. The van der Waals surface area contributed by atoms with Gasteiger partial charge in [-0.2, -0.15) is 0 Å². The number of anilines is 1. The number of aryl methyl sites for hydroxylation is 1. The highest BCUT2D eigenvalue weighted by molar-refractivity contribution is 6.11. The summed E-state index contributed by atoms with van der Waals surface area (Å²) in [7, 11) is 1.47. The van der Waals surface area contributed by atoms with Crippen molar-refractivity contribution in [1.82, 2.24) is 4.98 Å². The highest BCUT2D eigenvalue weighted by Crippen LogP contribution is 2.27. The van der Waals surface area contributed by atoms with Crippen LogP contribution in [0.25, 0.3) is 0 Å². The van der Waals surface area contributed by atoms with Crippen molar-refractivity contribution in [1.29, 1.82) is 0 Å². The Hall–Kier alpha value is -3.54. The van der Waals surface area contributed by atoms with Gasteiger partial charge < -0.3 is 10.1 Å². The zero-order valence-electron chi connectivity index (χ0n) is 14.8. The molecule has 0 atom stereocenters. The van der Waals surface area contributed by atoms with Gasteiger partial charge in [0.25, 0.3) is 5.91 Å². The molecule has 1 amide bonds. The number of aromatic nitrogens is 1. The van der Waals surface area contributed by atoms with Crippen molar-refractivity contribution in [3.05, 3.63) is 89.0 Å². The van der Waals surface area contributed by atoms with Gasteiger partial charge in [0.05, 0.1) is 12.8 Å². The molecule has 1 heterocycles. The first kappa shape index (κ1) is 18.3. The minimum Gasteiger partial charge on any atom is -0.495 e. The summed E-state index contributed by atoms with van der Waals surface area (Å²) >= 11 is 0. The predicted molar refractivity (Wildman–Crippen MR) is 99.8 cm³/mol. The SMILES string of the molecule is COc1ccc(C(=O)c2ccc(F)c(C)c2)cc1NC(=O)c1ccncc1. The maximum absolute atomic E-state index is 13.5. The lowest BCUT2D eigenvalue weighted by atomic mass is 10.0. The van der Waals surface area contributed by atoms with Crippen LogP contribution in [0.5, 0.6) is 5.75 Å². The van der Waals surface area contributed by atoms with Crippen molar-refractivity contribution in [2.75, 3.05) is 12.4 Å². The molecule has 0 fully saturated rings. The normalized spacial score (nSPS) is 10.3. The molecule has 0 saturated carbocycles. The second-order valence-corrected chi connectivity index (χ2v) is 5.90. The average molecular weight is 364 g/mol. The second kappa shape index (κ2) is 7.78. The maximum Gasteiger partial charge on any atom is 0.255 e. The lowest BCUT2D eigenvalue weighted by molar-refractivity contribution is 0.102. The van der Waals surface area contributed by atoms with Crippen LogP contribution in [0.15, 0.2) is 60.9 Å². The molecule has 0 aliphatic carbocycles. The molecule has 0 aliphatic rings. The summed E-state index contributed by atoms with van der Waals surface area (Å²) in [5.41, 5.74) is 1.90. The Morgan fingerprint density at radius 3 is 2.30 bits per heavy atom. The van der Waals surface area contributed by atoms with Gasteiger partial charge in [-0.05, 0) is 61.0 Å². The van der Waals surface area contributed by atoms with Gasteiger partial charge in [-0.3, -0.25) is 14.6 Å². The Kier molecular flexibility index (Phi) is 5.26. The number of hydrogen-bond donors (Lipinski definition) is 1. The van der Waals surface area contributed by atoms with Crippen molar-refractivity contribution in [3.8, 4) is 5.75 Å². The number of rotatable bonds is 5. The average Bonchev–Trinajstić information content (AvgIpc) is 2.70. The summed E-state index contributed by atoms with van der Waals surface area (Å²) < 4.78 is 18.7. The van der Waals surface area contributed by atoms with E-state index in [4.69, 9.17) is 4.74 Å². The van der Waals surface area contributed by atoms with Gasteiger partial charge in [-0.1, -0.05) is 0 Å². The molecule has 0 bridgehead atoms. The number of nitrogens with zero attached hydrogens (tertiary/aromatic N) is 1. The van der Waals surface area contributed by atoms with Crippen LogP contribution in [-0.2, 0) is 0 Å². The summed E-state index contributed by atoms with van der Waals surface area (Å²) in [6.45, 7) is 1.60. The van der Waals surface area contributed by atoms with Gasteiger partial charge in [0.1, 0.15) is 11.6 Å². The number of nitrogens with one attached hydrogen (secondary N) is 1. The number of ether oxygens (including phenoxy) is 1. The minimum atomic E-state index is -0.369. The van der Waals surface area contributed by atoms with Crippen LogP contribution in [0.1, 0.15) is 31.8 Å². The fourth-order valence-corrected chi connectivity index (χ4v) is 2.60. The van der Waals surface area contributed by atoms with E-state index in [1.165, 1.54) is 37.7 Å². The van der Waals surface area contributed by atoms with Gasteiger partial charge in [0, 0.05) is 29.1 Å². The van der Waals surface area contributed by atoms with Gasteiger partial charge in [0.2, 0.25) is 0 Å². The summed E-state index contributed by atoms with van der Waals surface area (Å²) in [5.74, 6) is -0.575. The van der Waals surface area contributed by atoms with E-state index in [-0.39, 0.29) is 17.5 Å². The van der Waals surface area contributed by atoms with E-state index in [0.29, 0.717) is 33.7 Å². The molecule has 5 nitrogen and oxygen atoms in total. The van der Waals surface area contributed by atoms with Crippen LogP contribution in [0, 0.1) is 12.7 Å². The van der Waals surface area contributed by atoms with Crippen molar-refractivity contribution >= 4 is 17.4 Å². The molecule has 3 aromatic rings. The summed E-state index contributed by atoms with van der Waals surface area (Å²) in [5, 5.41) is 2.74. The largest absolute Gasteiger partial charge is 0.495 e. The molecule has 27 heavy (non-hydrogen) atoms. The quantitative estimate of drug-likeness (QED) is 0.694. The first-order chi connectivity index (χ1) is 13.0. The lowest BCUT2D eigenvalue weighted by Crippen LogP contribution is -2.13. The number of methoxy groups -OCH3 is 1. The summed E-state index contributed by atoms with van der Waals surface area (Å²) in [6.07, 6.45) is 3.03. The lowest BCUT2D eigenvalue weighted by Gasteiger charge is -2.12. The number of hydrogen-bond acceptors (Lipinski definition) is 4. The van der Waals surface area contributed by atoms with Crippen LogP contribution in [0.3, 0.4) is 0 Å². The Morgan fingerprint density at radius 1 is 0.963 bits per heavy atom. The molecule has 0 spiro atoms. The highest BCUT2D eigenvalue weighted by Gasteiger charge is 2.15. The number of pyridine rings is 1. The van der Waals surface area contributed by atoms with Crippen molar-refractivity contribution in [2.24, 2.45) is 0 Å². The smallest absolute Gasteiger partial charge is 0.255 e. The molecule has 0 saturated heterocycles. The molecule has 1 N–H and O–H groups in total. The standard InChI is InChI=1S/C21H17FN2O3/c1-13-11-15(3-5-17(13)22)20(25)16-4-6-19(27-2)18(12-16)24-21(26)14-7-9-23-10-8-14/h3-12H,1-2H3,(H,24,26). The van der Waals surface area contributed by atoms with Gasteiger partial charge >= 0.3 is 0 Å². The van der Waals surface area contributed by atoms with Gasteiger partial charge in [0.15, 0.2) is 5.78 Å². The molecule has 0 aliphatic heterocycles. The van der Waals surface area contributed by atoms with Crippen LogP contribution in [0.4, 0.5) is 10.1 Å². The molecule has 3 rings (SSSR count). The van der Waals surface area contributed by atoms with Gasteiger partial charge in [-0.15, -0.1) is 0 Å². The van der Waals surface area contributed by atoms with E-state index in [2.05, 4.69) is 10.3 Å². The Labute approximate surface area is 155 Å².